The first kappa shape index (κ1) is 13.8. The summed E-state index contributed by atoms with van der Waals surface area (Å²) in [6.45, 7) is 3.71. The molecule has 5 heteroatoms. The Morgan fingerprint density at radius 1 is 1.33 bits per heavy atom. The molecule has 2 heterocycles. The van der Waals surface area contributed by atoms with Gasteiger partial charge in [-0.25, -0.2) is 0 Å². The van der Waals surface area contributed by atoms with Gasteiger partial charge in [0.05, 0.1) is 37.9 Å². The zero-order valence-corrected chi connectivity index (χ0v) is 11.0. The first-order valence-electron chi connectivity index (χ1n) is 6.84. The average molecular weight is 257 g/mol. The molecule has 1 N–H and O–H groups in total. The summed E-state index contributed by atoms with van der Waals surface area (Å²) >= 11 is 0. The van der Waals surface area contributed by atoms with E-state index in [2.05, 4.69) is 0 Å². The summed E-state index contributed by atoms with van der Waals surface area (Å²) in [4.78, 5) is 14.1. The van der Waals surface area contributed by atoms with Crippen LogP contribution in [-0.4, -0.2) is 60.5 Å². The van der Waals surface area contributed by atoms with Gasteiger partial charge < -0.3 is 19.5 Å². The summed E-state index contributed by atoms with van der Waals surface area (Å²) in [5.41, 5.74) is 0. The van der Waals surface area contributed by atoms with Gasteiger partial charge in [-0.3, -0.25) is 4.79 Å². The molecule has 0 spiro atoms. The van der Waals surface area contributed by atoms with Crippen LogP contribution in [0.15, 0.2) is 0 Å². The number of amides is 1. The molecule has 0 aliphatic carbocycles. The molecular formula is C13H23NO4. The summed E-state index contributed by atoms with van der Waals surface area (Å²) in [5, 5.41) is 9.11. The highest BCUT2D eigenvalue weighted by molar-refractivity contribution is 5.77. The van der Waals surface area contributed by atoms with Crippen molar-refractivity contribution >= 4 is 5.91 Å². The third-order valence-electron chi connectivity index (χ3n) is 3.71. The normalized spacial score (nSPS) is 33.4. The lowest BCUT2D eigenvalue weighted by molar-refractivity contribution is -0.149. The van der Waals surface area contributed by atoms with Crippen LogP contribution < -0.4 is 0 Å². The van der Waals surface area contributed by atoms with Gasteiger partial charge in [-0.1, -0.05) is 0 Å². The maximum atomic E-state index is 12.2. The lowest BCUT2D eigenvalue weighted by atomic mass is 10.0. The Bertz CT molecular complexity index is 278. The predicted molar refractivity (Wildman–Crippen MR) is 66.2 cm³/mol. The number of hydrogen-bond donors (Lipinski definition) is 1. The summed E-state index contributed by atoms with van der Waals surface area (Å²) in [6, 6.07) is 0.0869. The highest BCUT2D eigenvalue weighted by atomic mass is 16.5. The Hall–Kier alpha value is -0.650. The second-order valence-corrected chi connectivity index (χ2v) is 5.23. The van der Waals surface area contributed by atoms with Crippen LogP contribution in [0.3, 0.4) is 0 Å². The molecule has 0 aromatic heterocycles. The van der Waals surface area contributed by atoms with Crippen molar-refractivity contribution in [3.05, 3.63) is 0 Å². The van der Waals surface area contributed by atoms with Gasteiger partial charge in [0.15, 0.2) is 0 Å². The summed E-state index contributed by atoms with van der Waals surface area (Å²) in [5.74, 6) is 0.121. The van der Waals surface area contributed by atoms with E-state index in [-0.39, 0.29) is 30.8 Å². The van der Waals surface area contributed by atoms with E-state index in [1.807, 2.05) is 11.8 Å². The van der Waals surface area contributed by atoms with Crippen LogP contribution in [0, 0.1) is 0 Å². The minimum absolute atomic E-state index is 0.0313. The number of morpholine rings is 1. The standard InChI is InChI=1S/C13H23NO4/c1-10-9-18-12(8-15)7-14(10)13(16)6-11-4-2-3-5-17-11/h10-12,15H,2-9H2,1H3. The molecule has 18 heavy (non-hydrogen) atoms. The minimum atomic E-state index is -0.238. The number of carbonyl (C=O) groups is 1. The maximum absolute atomic E-state index is 12.2. The van der Waals surface area contributed by atoms with Gasteiger partial charge in [0.2, 0.25) is 5.91 Å². The van der Waals surface area contributed by atoms with Gasteiger partial charge in [-0.05, 0) is 26.2 Å². The molecule has 104 valence electrons. The number of hydrogen-bond acceptors (Lipinski definition) is 4. The van der Waals surface area contributed by atoms with E-state index in [1.165, 1.54) is 0 Å². The van der Waals surface area contributed by atoms with Crippen molar-refractivity contribution in [1.82, 2.24) is 4.90 Å². The molecule has 2 fully saturated rings. The largest absolute Gasteiger partial charge is 0.394 e. The van der Waals surface area contributed by atoms with Crippen LogP contribution in [0.4, 0.5) is 0 Å². The van der Waals surface area contributed by atoms with Crippen molar-refractivity contribution in [1.29, 1.82) is 0 Å². The van der Waals surface area contributed by atoms with Gasteiger partial charge in [-0.2, -0.15) is 0 Å². The Kier molecular flexibility index (Phi) is 4.97. The topological polar surface area (TPSA) is 59.0 Å². The minimum Gasteiger partial charge on any atom is -0.394 e. The lowest BCUT2D eigenvalue weighted by Crippen LogP contribution is -2.52. The highest BCUT2D eigenvalue weighted by Gasteiger charge is 2.30. The second-order valence-electron chi connectivity index (χ2n) is 5.23. The molecule has 3 unspecified atom stereocenters. The fourth-order valence-corrected chi connectivity index (χ4v) is 2.56. The SMILES string of the molecule is CC1COC(CO)CN1C(=O)CC1CCCCO1. The van der Waals surface area contributed by atoms with Crippen LogP contribution in [0.5, 0.6) is 0 Å². The summed E-state index contributed by atoms with van der Waals surface area (Å²) < 4.78 is 11.0. The Labute approximate surface area is 108 Å². The number of carbonyl (C=O) groups excluding carboxylic acids is 1. The first-order valence-corrected chi connectivity index (χ1v) is 6.84. The maximum Gasteiger partial charge on any atom is 0.225 e. The van der Waals surface area contributed by atoms with E-state index in [0.29, 0.717) is 19.6 Å². The average Bonchev–Trinajstić information content (AvgIpc) is 2.40. The van der Waals surface area contributed by atoms with E-state index in [4.69, 9.17) is 14.6 Å². The molecule has 0 aromatic rings. The van der Waals surface area contributed by atoms with Crippen molar-refractivity contribution in [2.24, 2.45) is 0 Å². The predicted octanol–water partition coefficient (Wildman–Crippen LogP) is 0.554. The second kappa shape index (κ2) is 6.50. The highest BCUT2D eigenvalue weighted by Crippen LogP contribution is 2.19. The molecule has 2 rings (SSSR count). The Morgan fingerprint density at radius 3 is 2.83 bits per heavy atom. The number of rotatable bonds is 3. The van der Waals surface area contributed by atoms with Gasteiger partial charge in [0.1, 0.15) is 0 Å². The smallest absolute Gasteiger partial charge is 0.225 e. The molecule has 2 aliphatic rings. The van der Waals surface area contributed by atoms with E-state index in [1.54, 1.807) is 0 Å². The zero-order valence-electron chi connectivity index (χ0n) is 11.0. The van der Waals surface area contributed by atoms with Gasteiger partial charge in [0.25, 0.3) is 0 Å². The fraction of sp³-hybridized carbons (Fsp3) is 0.923. The van der Waals surface area contributed by atoms with Crippen LogP contribution in [0.2, 0.25) is 0 Å². The van der Waals surface area contributed by atoms with Crippen molar-refractivity contribution in [2.75, 3.05) is 26.4 Å². The molecule has 5 nitrogen and oxygen atoms in total. The van der Waals surface area contributed by atoms with Crippen molar-refractivity contribution in [2.45, 2.75) is 50.9 Å². The molecule has 3 atom stereocenters. The summed E-state index contributed by atoms with van der Waals surface area (Å²) in [6.07, 6.45) is 3.53. The molecule has 0 saturated carbocycles. The van der Waals surface area contributed by atoms with Crippen LogP contribution in [0.1, 0.15) is 32.6 Å². The molecule has 1 amide bonds. The van der Waals surface area contributed by atoms with Crippen LogP contribution >= 0.6 is 0 Å². The Balaban J connectivity index is 1.85. The quantitative estimate of drug-likeness (QED) is 0.802. The monoisotopic (exact) mass is 257 g/mol. The van der Waals surface area contributed by atoms with Crippen molar-refractivity contribution in [3.8, 4) is 0 Å². The molecule has 0 bridgehead atoms. The number of ether oxygens (including phenoxy) is 2. The van der Waals surface area contributed by atoms with E-state index < -0.39 is 0 Å². The van der Waals surface area contributed by atoms with Gasteiger partial charge in [-0.15, -0.1) is 0 Å². The molecule has 2 aliphatic heterocycles. The third-order valence-corrected chi connectivity index (χ3v) is 3.71. The van der Waals surface area contributed by atoms with Crippen molar-refractivity contribution in [3.63, 3.8) is 0 Å². The van der Waals surface area contributed by atoms with Crippen LogP contribution in [0.25, 0.3) is 0 Å². The Morgan fingerprint density at radius 2 is 2.17 bits per heavy atom. The molecule has 0 aromatic carbocycles. The molecule has 0 radical (unpaired) electrons. The van der Waals surface area contributed by atoms with Gasteiger partial charge >= 0.3 is 0 Å². The first-order chi connectivity index (χ1) is 8.70. The van der Waals surface area contributed by atoms with Crippen molar-refractivity contribution < 1.29 is 19.4 Å². The van der Waals surface area contributed by atoms with Crippen LogP contribution in [-0.2, 0) is 14.3 Å². The number of aliphatic hydroxyl groups is 1. The lowest BCUT2D eigenvalue weighted by Gasteiger charge is -2.38. The van der Waals surface area contributed by atoms with E-state index >= 15 is 0 Å². The molecular weight excluding hydrogens is 234 g/mol. The molecule has 2 saturated heterocycles. The fourth-order valence-electron chi connectivity index (χ4n) is 2.56. The zero-order chi connectivity index (χ0) is 13.0. The van der Waals surface area contributed by atoms with Gasteiger partial charge in [0, 0.05) is 13.2 Å². The van der Waals surface area contributed by atoms with E-state index in [0.717, 1.165) is 25.9 Å². The van der Waals surface area contributed by atoms with E-state index in [9.17, 15) is 4.79 Å². The summed E-state index contributed by atoms with van der Waals surface area (Å²) in [7, 11) is 0. The third kappa shape index (κ3) is 3.43. The number of aliphatic hydroxyl groups excluding tert-OH is 1. The number of nitrogens with zero attached hydrogens (tertiary/aromatic N) is 1.